The van der Waals surface area contributed by atoms with Crippen molar-refractivity contribution in [3.8, 4) is 0 Å². The molecule has 3 N–H and O–H groups in total. The van der Waals surface area contributed by atoms with Gasteiger partial charge >= 0.3 is 0 Å². The highest BCUT2D eigenvalue weighted by Crippen LogP contribution is 2.33. The Bertz CT molecular complexity index is 1020. The summed E-state index contributed by atoms with van der Waals surface area (Å²) in [4.78, 5) is 13.1. The summed E-state index contributed by atoms with van der Waals surface area (Å²) in [6, 6.07) is 17.0. The number of benzene rings is 2. The minimum atomic E-state index is -0.461. The molecule has 0 fully saturated rings. The van der Waals surface area contributed by atoms with Crippen molar-refractivity contribution in [2.75, 3.05) is 6.61 Å². The van der Waals surface area contributed by atoms with Gasteiger partial charge in [0.2, 0.25) is 0 Å². The van der Waals surface area contributed by atoms with Gasteiger partial charge in [0.25, 0.3) is 5.91 Å². The van der Waals surface area contributed by atoms with Crippen molar-refractivity contribution in [2.24, 2.45) is 0 Å². The van der Waals surface area contributed by atoms with E-state index in [1.54, 1.807) is 0 Å². The van der Waals surface area contributed by atoms with E-state index in [9.17, 15) is 9.90 Å². The second-order valence-electron chi connectivity index (χ2n) is 8.21. The lowest BCUT2D eigenvalue weighted by atomic mass is 9.85. The van der Waals surface area contributed by atoms with Crippen LogP contribution in [0.15, 0.2) is 54.6 Å². The first kappa shape index (κ1) is 21.6. The molecule has 2 aromatic carbocycles. The van der Waals surface area contributed by atoms with Gasteiger partial charge in [-0.1, -0.05) is 66.9 Å². The number of hydrogen-bond donors (Lipinski definition) is 3. The molecule has 31 heavy (non-hydrogen) atoms. The molecule has 1 aliphatic carbocycles. The van der Waals surface area contributed by atoms with Crippen LogP contribution in [-0.4, -0.2) is 27.8 Å². The standard InChI is InChI=1S/C25H28ClN3O2/c26-20-12-7-8-17(15-20)14-19-11-5-2-6-13-21-23(19)28-29-24(21)25(31)27-22(16-30)18-9-3-1-4-10-18/h1,3-4,7-10,12,15,19,22,30H,2,5-6,11,13-14,16H2,(H,27,31)(H,28,29)/t19-,22-/m0/s1. The van der Waals surface area contributed by atoms with Crippen LogP contribution in [0.25, 0.3) is 0 Å². The van der Waals surface area contributed by atoms with Gasteiger partial charge < -0.3 is 10.4 Å². The lowest BCUT2D eigenvalue weighted by molar-refractivity contribution is 0.0910. The number of halogens is 1. The topological polar surface area (TPSA) is 78.0 Å². The lowest BCUT2D eigenvalue weighted by Gasteiger charge is -2.21. The third-order valence-electron chi connectivity index (χ3n) is 6.06. The maximum Gasteiger partial charge on any atom is 0.272 e. The van der Waals surface area contributed by atoms with E-state index in [1.165, 1.54) is 5.56 Å². The number of fused-ring (bicyclic) bond motifs is 1. The van der Waals surface area contributed by atoms with Gasteiger partial charge in [0.05, 0.1) is 12.6 Å². The molecule has 0 unspecified atom stereocenters. The highest BCUT2D eigenvalue weighted by Gasteiger charge is 2.27. The zero-order valence-corrected chi connectivity index (χ0v) is 18.2. The molecule has 0 saturated heterocycles. The first-order valence-corrected chi connectivity index (χ1v) is 11.3. The number of carbonyl (C=O) groups is 1. The van der Waals surface area contributed by atoms with Gasteiger partial charge in [-0.2, -0.15) is 5.10 Å². The van der Waals surface area contributed by atoms with Crippen LogP contribution in [0.1, 0.15) is 70.5 Å². The Labute approximate surface area is 187 Å². The van der Waals surface area contributed by atoms with E-state index in [1.807, 2.05) is 48.5 Å². The van der Waals surface area contributed by atoms with Crippen molar-refractivity contribution < 1.29 is 9.90 Å². The zero-order chi connectivity index (χ0) is 21.6. The van der Waals surface area contributed by atoms with E-state index < -0.39 is 6.04 Å². The van der Waals surface area contributed by atoms with Gasteiger partial charge in [-0.05, 0) is 48.9 Å². The predicted octanol–water partition coefficient (Wildman–Crippen LogP) is 4.97. The van der Waals surface area contributed by atoms with Crippen LogP contribution in [0.5, 0.6) is 0 Å². The molecule has 1 aliphatic rings. The lowest BCUT2D eigenvalue weighted by Crippen LogP contribution is -2.31. The average Bonchev–Trinajstić information content (AvgIpc) is 3.18. The van der Waals surface area contributed by atoms with Crippen LogP contribution in [0.2, 0.25) is 5.02 Å². The number of hydrogen-bond acceptors (Lipinski definition) is 3. The Kier molecular flexibility index (Phi) is 7.05. The predicted molar refractivity (Wildman–Crippen MR) is 122 cm³/mol. The summed E-state index contributed by atoms with van der Waals surface area (Å²) in [5, 5.41) is 21.1. The molecule has 0 bridgehead atoms. The Hall–Kier alpha value is -2.63. The first-order chi connectivity index (χ1) is 15.2. The summed E-state index contributed by atoms with van der Waals surface area (Å²) in [7, 11) is 0. The van der Waals surface area contributed by atoms with E-state index in [4.69, 9.17) is 11.6 Å². The number of aromatic nitrogens is 2. The van der Waals surface area contributed by atoms with Gasteiger partial charge in [-0.15, -0.1) is 0 Å². The van der Waals surface area contributed by atoms with Gasteiger partial charge in [0, 0.05) is 22.2 Å². The normalized spacial score (nSPS) is 17.3. The van der Waals surface area contributed by atoms with Crippen LogP contribution in [-0.2, 0) is 12.8 Å². The maximum absolute atomic E-state index is 13.1. The minimum Gasteiger partial charge on any atom is -0.394 e. The fraction of sp³-hybridized carbons (Fsp3) is 0.360. The molecular formula is C25H28ClN3O2. The number of aliphatic hydroxyl groups excluding tert-OH is 1. The zero-order valence-electron chi connectivity index (χ0n) is 17.5. The third kappa shape index (κ3) is 5.17. The maximum atomic E-state index is 13.1. The van der Waals surface area contributed by atoms with E-state index in [0.717, 1.165) is 60.4 Å². The summed E-state index contributed by atoms with van der Waals surface area (Å²) in [6.07, 6.45) is 6.08. The summed E-state index contributed by atoms with van der Waals surface area (Å²) in [6.45, 7) is -0.167. The monoisotopic (exact) mass is 437 g/mol. The van der Waals surface area contributed by atoms with Gasteiger partial charge in [-0.3, -0.25) is 9.89 Å². The van der Waals surface area contributed by atoms with Crippen molar-refractivity contribution in [1.82, 2.24) is 15.5 Å². The molecule has 1 aromatic heterocycles. The Balaban J connectivity index is 1.58. The van der Waals surface area contributed by atoms with Gasteiger partial charge in [-0.25, -0.2) is 0 Å². The Morgan fingerprint density at radius 2 is 2.00 bits per heavy atom. The third-order valence-corrected chi connectivity index (χ3v) is 6.30. The van der Waals surface area contributed by atoms with E-state index in [0.29, 0.717) is 5.69 Å². The number of nitrogens with one attached hydrogen (secondary N) is 2. The van der Waals surface area contributed by atoms with E-state index in [-0.39, 0.29) is 18.4 Å². The second kappa shape index (κ2) is 10.1. The average molecular weight is 438 g/mol. The molecule has 1 amide bonds. The molecule has 162 valence electrons. The van der Waals surface area contributed by atoms with E-state index in [2.05, 4.69) is 21.6 Å². The molecule has 2 atom stereocenters. The highest BCUT2D eigenvalue weighted by molar-refractivity contribution is 6.30. The molecule has 3 aromatic rings. The summed E-state index contributed by atoms with van der Waals surface area (Å²) >= 11 is 6.19. The fourth-order valence-corrected chi connectivity index (χ4v) is 4.68. The summed E-state index contributed by atoms with van der Waals surface area (Å²) < 4.78 is 0. The van der Waals surface area contributed by atoms with Crippen LogP contribution in [0.3, 0.4) is 0 Å². The van der Waals surface area contributed by atoms with Crippen LogP contribution in [0.4, 0.5) is 0 Å². The molecule has 6 heteroatoms. The number of aromatic amines is 1. The number of carbonyl (C=O) groups excluding carboxylic acids is 1. The summed E-state index contributed by atoms with van der Waals surface area (Å²) in [5.41, 5.74) is 4.58. The van der Waals surface area contributed by atoms with E-state index >= 15 is 0 Å². The van der Waals surface area contributed by atoms with Crippen molar-refractivity contribution in [1.29, 1.82) is 0 Å². The smallest absolute Gasteiger partial charge is 0.272 e. The molecule has 0 saturated carbocycles. The summed E-state index contributed by atoms with van der Waals surface area (Å²) in [5.74, 6) is 0.0214. The van der Waals surface area contributed by atoms with Crippen molar-refractivity contribution in [3.05, 3.63) is 87.7 Å². The SMILES string of the molecule is O=C(N[C@@H](CO)c1ccccc1)c1n[nH]c2c1CCCCC[C@H]2Cc1cccc(Cl)c1. The number of rotatable bonds is 6. The second-order valence-corrected chi connectivity index (χ2v) is 8.65. The first-order valence-electron chi connectivity index (χ1n) is 10.9. The number of H-pyrrole nitrogens is 1. The molecule has 5 nitrogen and oxygen atoms in total. The highest BCUT2D eigenvalue weighted by atomic mass is 35.5. The van der Waals surface area contributed by atoms with Crippen LogP contribution < -0.4 is 5.32 Å². The number of nitrogens with zero attached hydrogens (tertiary/aromatic N) is 1. The van der Waals surface area contributed by atoms with Crippen molar-refractivity contribution in [3.63, 3.8) is 0 Å². The molecule has 4 rings (SSSR count). The Morgan fingerprint density at radius 1 is 1.16 bits per heavy atom. The molecule has 0 aliphatic heterocycles. The van der Waals surface area contributed by atoms with Crippen LogP contribution in [0, 0.1) is 0 Å². The molecular weight excluding hydrogens is 410 g/mol. The van der Waals surface area contributed by atoms with Gasteiger partial charge in [0.15, 0.2) is 5.69 Å². The fourth-order valence-electron chi connectivity index (χ4n) is 4.47. The Morgan fingerprint density at radius 3 is 2.77 bits per heavy atom. The number of amides is 1. The molecule has 0 spiro atoms. The minimum absolute atomic E-state index is 0.167. The molecule has 1 heterocycles. The van der Waals surface area contributed by atoms with Crippen molar-refractivity contribution in [2.45, 2.75) is 50.5 Å². The largest absolute Gasteiger partial charge is 0.394 e. The van der Waals surface area contributed by atoms with Crippen molar-refractivity contribution >= 4 is 17.5 Å². The van der Waals surface area contributed by atoms with Gasteiger partial charge in [0.1, 0.15) is 0 Å². The quantitative estimate of drug-likeness (QED) is 0.509. The molecule has 0 radical (unpaired) electrons. The van der Waals surface area contributed by atoms with Crippen LogP contribution >= 0.6 is 11.6 Å². The number of aliphatic hydroxyl groups is 1.